The van der Waals surface area contributed by atoms with Crippen molar-refractivity contribution in [1.82, 2.24) is 0 Å². The minimum absolute atomic E-state index is 0. The van der Waals surface area contributed by atoms with E-state index in [4.69, 9.17) is 9.84 Å². The molecule has 0 bridgehead atoms. The number of carbonyl (C=O) groups excluding carboxylic acids is 1. The molecule has 3 nitrogen and oxygen atoms in total. The van der Waals surface area contributed by atoms with Crippen LogP contribution in [0.4, 0.5) is 0 Å². The Morgan fingerprint density at radius 2 is 1.94 bits per heavy atom. The van der Waals surface area contributed by atoms with Gasteiger partial charge in [-0.1, -0.05) is 26.5 Å². The summed E-state index contributed by atoms with van der Waals surface area (Å²) in [6, 6.07) is 6.89. The van der Waals surface area contributed by atoms with Crippen molar-refractivity contribution in [3.05, 3.63) is 29.8 Å². The molecule has 0 aromatic heterocycles. The fraction of sp³-hybridized carbons (Fsp3) is 0.462. The van der Waals surface area contributed by atoms with Crippen LogP contribution in [0.15, 0.2) is 24.3 Å². The van der Waals surface area contributed by atoms with Crippen molar-refractivity contribution < 1.29 is 14.6 Å². The molecular formula is C13H20O3. The average Bonchev–Trinajstić information content (AvgIpc) is 2.27. The maximum atomic E-state index is 11.3. The molecule has 0 saturated carbocycles. The maximum absolute atomic E-state index is 11.3. The van der Waals surface area contributed by atoms with Crippen molar-refractivity contribution >= 4 is 5.97 Å². The molecule has 1 aromatic rings. The molecule has 0 radical (unpaired) electrons. The number of hydrogen-bond acceptors (Lipinski definition) is 3. The van der Waals surface area contributed by atoms with Crippen molar-refractivity contribution in [2.75, 3.05) is 7.11 Å². The average molecular weight is 224 g/mol. The Labute approximate surface area is 97.1 Å². The van der Waals surface area contributed by atoms with E-state index in [1.807, 2.05) is 19.1 Å². The van der Waals surface area contributed by atoms with E-state index in [-0.39, 0.29) is 25.1 Å². The van der Waals surface area contributed by atoms with E-state index in [1.165, 1.54) is 7.11 Å². The molecule has 0 amide bonds. The lowest BCUT2D eigenvalue weighted by molar-refractivity contribution is -0.145. The largest absolute Gasteiger partial charge is 0.508 e. The number of rotatable bonds is 4. The van der Waals surface area contributed by atoms with Gasteiger partial charge in [-0.15, -0.1) is 0 Å². The molecule has 1 aromatic carbocycles. The number of methoxy groups -OCH3 is 1. The highest BCUT2D eigenvalue weighted by atomic mass is 16.5. The lowest BCUT2D eigenvalue weighted by Gasteiger charge is -2.12. The first kappa shape index (κ1) is 14.5. The lowest BCUT2D eigenvalue weighted by atomic mass is 9.97. The molecular weight excluding hydrogens is 204 g/mol. The van der Waals surface area contributed by atoms with Gasteiger partial charge in [0.05, 0.1) is 13.0 Å². The fourth-order valence-electron chi connectivity index (χ4n) is 1.48. The van der Waals surface area contributed by atoms with Crippen molar-refractivity contribution in [3.63, 3.8) is 0 Å². The normalized spacial score (nSPS) is 11.4. The molecule has 0 aliphatic carbocycles. The highest BCUT2D eigenvalue weighted by Gasteiger charge is 2.17. The van der Waals surface area contributed by atoms with Crippen LogP contribution in [0, 0.1) is 5.92 Å². The third kappa shape index (κ3) is 3.93. The highest BCUT2D eigenvalue weighted by Crippen LogP contribution is 2.16. The molecule has 3 heteroatoms. The Balaban J connectivity index is 0.00000225. The summed E-state index contributed by atoms with van der Waals surface area (Å²) in [5, 5.41) is 9.11. The molecule has 90 valence electrons. The van der Waals surface area contributed by atoms with Gasteiger partial charge < -0.3 is 9.84 Å². The Kier molecular flexibility index (Phi) is 6.23. The van der Waals surface area contributed by atoms with Crippen molar-refractivity contribution in [1.29, 1.82) is 0 Å². The van der Waals surface area contributed by atoms with Gasteiger partial charge in [0.1, 0.15) is 5.75 Å². The molecule has 0 fully saturated rings. The number of carbonyl (C=O) groups is 1. The second kappa shape index (κ2) is 6.88. The van der Waals surface area contributed by atoms with E-state index in [2.05, 4.69) is 0 Å². The van der Waals surface area contributed by atoms with Gasteiger partial charge in [0, 0.05) is 0 Å². The van der Waals surface area contributed by atoms with Gasteiger partial charge in [0.25, 0.3) is 0 Å². The third-order valence-corrected chi connectivity index (χ3v) is 2.45. The zero-order valence-electron chi connectivity index (χ0n) is 9.06. The van der Waals surface area contributed by atoms with E-state index in [1.54, 1.807) is 12.1 Å². The molecule has 1 atom stereocenters. The number of phenols is 1. The quantitative estimate of drug-likeness (QED) is 0.800. The minimum Gasteiger partial charge on any atom is -0.508 e. The molecule has 16 heavy (non-hydrogen) atoms. The van der Waals surface area contributed by atoms with Crippen molar-refractivity contribution in [2.24, 2.45) is 5.92 Å². The summed E-state index contributed by atoms with van der Waals surface area (Å²) in [6.07, 6.45) is 1.41. The van der Waals surface area contributed by atoms with Gasteiger partial charge in [-0.25, -0.2) is 0 Å². The van der Waals surface area contributed by atoms with Gasteiger partial charge in [0.15, 0.2) is 0 Å². The minimum atomic E-state index is -0.175. The Hall–Kier alpha value is -1.51. The second-order valence-electron chi connectivity index (χ2n) is 3.50. The highest BCUT2D eigenvalue weighted by molar-refractivity contribution is 5.72. The van der Waals surface area contributed by atoms with Crippen molar-refractivity contribution in [3.8, 4) is 5.75 Å². The fourth-order valence-corrected chi connectivity index (χ4v) is 1.48. The predicted molar refractivity (Wildman–Crippen MR) is 64.3 cm³/mol. The maximum Gasteiger partial charge on any atom is 0.308 e. The summed E-state index contributed by atoms with van der Waals surface area (Å²) in [5.41, 5.74) is 1.03. The zero-order valence-corrected chi connectivity index (χ0v) is 9.06. The zero-order chi connectivity index (χ0) is 11.3. The molecule has 0 aliphatic heterocycles. The topological polar surface area (TPSA) is 46.5 Å². The van der Waals surface area contributed by atoms with E-state index in [0.717, 1.165) is 12.0 Å². The standard InChI is InChI=1S/C12H16O3.CH4/c1-3-10(12(14)15-2)8-9-4-6-11(13)7-5-9;/h4-7,10,13H,3,8H2,1-2H3;1H4/t10-;/m1./s1. The second-order valence-corrected chi connectivity index (χ2v) is 3.50. The Bertz CT molecular complexity index is 316. The van der Waals surface area contributed by atoms with Crippen LogP contribution in [0.3, 0.4) is 0 Å². The van der Waals surface area contributed by atoms with Gasteiger partial charge in [-0.3, -0.25) is 4.79 Å². The molecule has 0 heterocycles. The van der Waals surface area contributed by atoms with E-state index >= 15 is 0 Å². The van der Waals surface area contributed by atoms with Crippen LogP contribution in [0.5, 0.6) is 5.75 Å². The molecule has 1 rings (SSSR count). The molecule has 1 N–H and O–H groups in total. The van der Waals surface area contributed by atoms with E-state index in [9.17, 15) is 4.79 Å². The molecule has 0 saturated heterocycles. The SMILES string of the molecule is C.CC[C@H](Cc1ccc(O)cc1)C(=O)OC. The van der Waals surface area contributed by atoms with Gasteiger partial charge in [-0.2, -0.15) is 0 Å². The molecule has 0 unspecified atom stereocenters. The number of phenolic OH excluding ortho intramolecular Hbond substituents is 1. The number of aromatic hydroxyl groups is 1. The summed E-state index contributed by atoms with van der Waals surface area (Å²) in [7, 11) is 1.40. The van der Waals surface area contributed by atoms with Crippen LogP contribution in [-0.2, 0) is 16.0 Å². The van der Waals surface area contributed by atoms with Crippen LogP contribution in [0.2, 0.25) is 0 Å². The van der Waals surface area contributed by atoms with Crippen LogP contribution >= 0.6 is 0 Å². The summed E-state index contributed by atoms with van der Waals surface area (Å²) in [5.74, 6) is -0.0324. The van der Waals surface area contributed by atoms with Crippen LogP contribution in [0.25, 0.3) is 0 Å². The van der Waals surface area contributed by atoms with E-state index in [0.29, 0.717) is 6.42 Å². The first-order valence-corrected chi connectivity index (χ1v) is 5.03. The van der Waals surface area contributed by atoms with E-state index < -0.39 is 0 Å². The summed E-state index contributed by atoms with van der Waals surface area (Å²) in [6.45, 7) is 1.96. The molecule has 0 spiro atoms. The monoisotopic (exact) mass is 224 g/mol. The van der Waals surface area contributed by atoms with Gasteiger partial charge >= 0.3 is 5.97 Å². The summed E-state index contributed by atoms with van der Waals surface area (Å²) >= 11 is 0. The first-order chi connectivity index (χ1) is 7.17. The van der Waals surface area contributed by atoms with Crippen LogP contribution in [0.1, 0.15) is 26.3 Å². The first-order valence-electron chi connectivity index (χ1n) is 5.03. The number of esters is 1. The van der Waals surface area contributed by atoms with Gasteiger partial charge in [-0.05, 0) is 30.5 Å². The number of benzene rings is 1. The Morgan fingerprint density at radius 3 is 2.38 bits per heavy atom. The lowest BCUT2D eigenvalue weighted by Crippen LogP contribution is -2.17. The van der Waals surface area contributed by atoms with Crippen molar-refractivity contribution in [2.45, 2.75) is 27.2 Å². The summed E-state index contributed by atoms with van der Waals surface area (Å²) < 4.78 is 4.71. The number of hydrogen-bond donors (Lipinski definition) is 1. The van der Waals surface area contributed by atoms with Gasteiger partial charge in [0.2, 0.25) is 0 Å². The van der Waals surface area contributed by atoms with Crippen LogP contribution < -0.4 is 0 Å². The smallest absolute Gasteiger partial charge is 0.308 e. The predicted octanol–water partition coefficient (Wildman–Crippen LogP) is 2.77. The molecule has 0 aliphatic rings. The van der Waals surface area contributed by atoms with Crippen LogP contribution in [-0.4, -0.2) is 18.2 Å². The number of ether oxygens (including phenoxy) is 1. The summed E-state index contributed by atoms with van der Waals surface area (Å²) in [4.78, 5) is 11.3. The Morgan fingerprint density at radius 1 is 1.38 bits per heavy atom. The third-order valence-electron chi connectivity index (χ3n) is 2.45.